The first kappa shape index (κ1) is 18.2. The third kappa shape index (κ3) is 3.59. The van der Waals surface area contributed by atoms with Gasteiger partial charge >= 0.3 is 0 Å². The number of rotatable bonds is 5. The Balaban J connectivity index is 1.27. The van der Waals surface area contributed by atoms with E-state index >= 15 is 0 Å². The van der Waals surface area contributed by atoms with Gasteiger partial charge in [-0.05, 0) is 18.2 Å². The fourth-order valence-electron chi connectivity index (χ4n) is 4.66. The van der Waals surface area contributed by atoms with Crippen molar-refractivity contribution < 1.29 is 15.0 Å². The zero-order valence-corrected chi connectivity index (χ0v) is 16.6. The molecular formula is C24H28N4O+2. The van der Waals surface area contributed by atoms with Gasteiger partial charge in [0, 0.05) is 27.9 Å². The molecule has 4 aromatic rings. The molecule has 0 aliphatic carbocycles. The van der Waals surface area contributed by atoms with Crippen molar-refractivity contribution in [1.29, 1.82) is 0 Å². The quantitative estimate of drug-likeness (QED) is 0.543. The fraction of sp³-hybridized carbons (Fsp3) is 0.292. The van der Waals surface area contributed by atoms with Crippen LogP contribution in [0.1, 0.15) is 0 Å². The number of anilines is 1. The van der Waals surface area contributed by atoms with E-state index in [4.69, 9.17) is 0 Å². The van der Waals surface area contributed by atoms with Crippen LogP contribution < -0.4 is 14.8 Å². The van der Waals surface area contributed by atoms with Gasteiger partial charge in [-0.25, -0.2) is 4.98 Å². The number of piperazine rings is 1. The van der Waals surface area contributed by atoms with Crippen LogP contribution in [-0.2, 0) is 6.54 Å². The number of aromatic nitrogens is 2. The number of aromatic amines is 1. The lowest BCUT2D eigenvalue weighted by molar-refractivity contribution is -0.903. The molecule has 3 N–H and O–H groups in total. The molecule has 29 heavy (non-hydrogen) atoms. The van der Waals surface area contributed by atoms with Crippen LogP contribution in [0.3, 0.4) is 0 Å². The fourth-order valence-corrected chi connectivity index (χ4v) is 4.66. The predicted octanol–water partition coefficient (Wildman–Crippen LogP) is 1.37. The maximum absolute atomic E-state index is 10.9. The molecule has 5 heteroatoms. The Labute approximate surface area is 170 Å². The lowest BCUT2D eigenvalue weighted by atomic mass is 10.2. The summed E-state index contributed by atoms with van der Waals surface area (Å²) in [4.78, 5) is 7.19. The molecule has 2 aromatic carbocycles. The van der Waals surface area contributed by atoms with Gasteiger partial charge in [-0.2, -0.15) is 0 Å². The number of quaternary nitrogens is 1. The molecule has 1 saturated heterocycles. The molecule has 1 atom stereocenters. The Morgan fingerprint density at radius 2 is 1.48 bits per heavy atom. The Kier molecular flexibility index (Phi) is 4.92. The number of hydrogen-bond acceptors (Lipinski definition) is 2. The van der Waals surface area contributed by atoms with Crippen LogP contribution in [0.2, 0.25) is 0 Å². The molecule has 148 valence electrons. The number of aliphatic hydroxyl groups is 1. The first-order valence-corrected chi connectivity index (χ1v) is 10.5. The maximum atomic E-state index is 10.9. The molecule has 3 heterocycles. The van der Waals surface area contributed by atoms with Crippen molar-refractivity contribution in [2.45, 2.75) is 12.6 Å². The van der Waals surface area contributed by atoms with Gasteiger partial charge in [0.25, 0.3) is 5.82 Å². The number of H-pyrrole nitrogens is 1. The zero-order chi connectivity index (χ0) is 19.6. The minimum atomic E-state index is -0.362. The molecule has 1 aliphatic rings. The second kappa shape index (κ2) is 7.85. The third-order valence-electron chi connectivity index (χ3n) is 6.10. The van der Waals surface area contributed by atoms with Crippen LogP contribution in [0.4, 0.5) is 5.82 Å². The van der Waals surface area contributed by atoms with Gasteiger partial charge in [-0.1, -0.05) is 42.5 Å². The Morgan fingerprint density at radius 3 is 2.10 bits per heavy atom. The van der Waals surface area contributed by atoms with E-state index in [9.17, 15) is 5.11 Å². The van der Waals surface area contributed by atoms with Gasteiger partial charge < -0.3 is 14.6 Å². The lowest BCUT2D eigenvalue weighted by Gasteiger charge is -2.29. The number of pyridine rings is 1. The van der Waals surface area contributed by atoms with Gasteiger partial charge in [-0.3, -0.25) is 4.90 Å². The number of aliphatic hydroxyl groups excluding tert-OH is 1. The summed E-state index contributed by atoms with van der Waals surface area (Å²) in [5, 5.41) is 13.4. The largest absolute Gasteiger partial charge is 0.385 e. The summed E-state index contributed by atoms with van der Waals surface area (Å²) in [5.41, 5.74) is 2.40. The van der Waals surface area contributed by atoms with E-state index in [0.29, 0.717) is 6.54 Å². The van der Waals surface area contributed by atoms with Crippen molar-refractivity contribution in [3.05, 3.63) is 72.9 Å². The van der Waals surface area contributed by atoms with E-state index in [1.807, 2.05) is 12.3 Å². The molecule has 1 aliphatic heterocycles. The number of fused-ring (bicyclic) bond motifs is 3. The van der Waals surface area contributed by atoms with Gasteiger partial charge in [0.1, 0.15) is 38.8 Å². The Bertz CT molecular complexity index is 1050. The molecule has 2 aromatic heterocycles. The van der Waals surface area contributed by atoms with E-state index < -0.39 is 0 Å². The Morgan fingerprint density at radius 1 is 0.862 bits per heavy atom. The van der Waals surface area contributed by atoms with E-state index in [-0.39, 0.29) is 6.10 Å². The smallest absolute Gasteiger partial charge is 0.274 e. The summed E-state index contributed by atoms with van der Waals surface area (Å²) >= 11 is 0. The number of nitrogens with one attached hydrogen (secondary N) is 2. The van der Waals surface area contributed by atoms with E-state index in [0.717, 1.165) is 32.7 Å². The Hall–Kier alpha value is -2.89. The van der Waals surface area contributed by atoms with Crippen molar-refractivity contribution >= 4 is 27.6 Å². The monoisotopic (exact) mass is 388 g/mol. The standard InChI is InChI=1S/C24H26N4O/c29-19(17-26-13-15-27(16-14-26)24-11-5-6-12-25-24)18-28-22-9-3-1-7-20(22)21-8-2-4-10-23(21)28/h1-12,19,29H,13-18H2/p+2/t19-/m1/s1. The van der Waals surface area contributed by atoms with Crippen LogP contribution in [0, 0.1) is 0 Å². The second-order valence-electron chi connectivity index (χ2n) is 7.99. The molecule has 0 unspecified atom stereocenters. The molecule has 0 saturated carbocycles. The van der Waals surface area contributed by atoms with Crippen molar-refractivity contribution in [3.63, 3.8) is 0 Å². The summed E-state index contributed by atoms with van der Waals surface area (Å²) in [7, 11) is 0. The highest BCUT2D eigenvalue weighted by Gasteiger charge is 2.27. The van der Waals surface area contributed by atoms with Crippen molar-refractivity contribution in [1.82, 2.24) is 4.57 Å². The van der Waals surface area contributed by atoms with Crippen molar-refractivity contribution in [2.24, 2.45) is 0 Å². The number of hydrogen-bond donors (Lipinski definition) is 2. The highest BCUT2D eigenvalue weighted by molar-refractivity contribution is 6.07. The number of para-hydroxylation sites is 2. The summed E-state index contributed by atoms with van der Waals surface area (Å²) in [6.45, 7) is 5.54. The van der Waals surface area contributed by atoms with E-state index in [1.54, 1.807) is 0 Å². The molecule has 1 fully saturated rings. The average molecular weight is 389 g/mol. The molecule has 0 radical (unpaired) electrons. The van der Waals surface area contributed by atoms with Crippen LogP contribution in [-0.4, -0.2) is 48.5 Å². The van der Waals surface area contributed by atoms with Gasteiger partial charge in [0.2, 0.25) is 0 Å². The normalized spacial score (nSPS) is 16.5. The molecule has 0 amide bonds. The highest BCUT2D eigenvalue weighted by atomic mass is 16.3. The van der Waals surface area contributed by atoms with Crippen LogP contribution in [0.5, 0.6) is 0 Å². The molecule has 5 rings (SSSR count). The SMILES string of the molecule is O[C@@H](Cn1c2ccccc2c2ccccc21)C[NH+]1CCN(c2cccc[nH+]2)CC1. The molecule has 5 nitrogen and oxygen atoms in total. The van der Waals surface area contributed by atoms with Crippen molar-refractivity contribution in [2.75, 3.05) is 37.6 Å². The zero-order valence-electron chi connectivity index (χ0n) is 16.6. The highest BCUT2D eigenvalue weighted by Crippen LogP contribution is 2.28. The minimum absolute atomic E-state index is 0.362. The number of nitrogens with zero attached hydrogens (tertiary/aromatic N) is 2. The van der Waals surface area contributed by atoms with Gasteiger partial charge in [-0.15, -0.1) is 0 Å². The second-order valence-corrected chi connectivity index (χ2v) is 7.99. The van der Waals surface area contributed by atoms with Crippen LogP contribution >= 0.6 is 0 Å². The summed E-state index contributed by atoms with van der Waals surface area (Å²) in [6.07, 6.45) is 1.61. The van der Waals surface area contributed by atoms with Crippen LogP contribution in [0.15, 0.2) is 72.9 Å². The average Bonchev–Trinajstić information content (AvgIpc) is 3.09. The van der Waals surface area contributed by atoms with E-state index in [2.05, 4.69) is 75.1 Å². The predicted molar refractivity (Wildman–Crippen MR) is 116 cm³/mol. The number of benzene rings is 2. The first-order valence-electron chi connectivity index (χ1n) is 10.5. The summed E-state index contributed by atoms with van der Waals surface area (Å²) in [6, 6.07) is 23.2. The maximum Gasteiger partial charge on any atom is 0.274 e. The topological polar surface area (TPSA) is 47.0 Å². The first-order chi connectivity index (χ1) is 14.3. The lowest BCUT2D eigenvalue weighted by Crippen LogP contribution is -3.16. The molecular weight excluding hydrogens is 360 g/mol. The van der Waals surface area contributed by atoms with Crippen LogP contribution in [0.25, 0.3) is 21.8 Å². The molecule has 0 bridgehead atoms. The molecule has 0 spiro atoms. The minimum Gasteiger partial charge on any atom is -0.385 e. The summed E-state index contributed by atoms with van der Waals surface area (Å²) in [5.74, 6) is 1.18. The van der Waals surface area contributed by atoms with E-state index in [1.165, 1.54) is 32.5 Å². The third-order valence-corrected chi connectivity index (χ3v) is 6.10. The summed E-state index contributed by atoms with van der Waals surface area (Å²) < 4.78 is 2.28. The van der Waals surface area contributed by atoms with Crippen molar-refractivity contribution in [3.8, 4) is 0 Å². The van der Waals surface area contributed by atoms with Gasteiger partial charge in [0.05, 0.1) is 12.7 Å². The van der Waals surface area contributed by atoms with Gasteiger partial charge in [0.15, 0.2) is 0 Å².